The Bertz CT molecular complexity index is 470. The fraction of sp³-hybridized carbons (Fsp3) is 0.600. The second kappa shape index (κ2) is 11.7. The van der Waals surface area contributed by atoms with Gasteiger partial charge in [0.05, 0.1) is 0 Å². The van der Waals surface area contributed by atoms with Crippen LogP contribution in [0.2, 0.25) is 0 Å². The number of carboxylic acids is 2. The molecule has 0 bridgehead atoms. The van der Waals surface area contributed by atoms with Crippen molar-refractivity contribution in [2.45, 2.75) is 70.6 Å². The highest BCUT2D eigenvalue weighted by Gasteiger charge is 2.29. The van der Waals surface area contributed by atoms with Crippen LogP contribution in [0.3, 0.4) is 0 Å². The summed E-state index contributed by atoms with van der Waals surface area (Å²) in [4.78, 5) is 22.4. The number of hydrogen-bond donors (Lipinski definition) is 2. The molecule has 0 amide bonds. The SMILES string of the molecule is CCCCCCCCCC(CC(C(=O)O)C(=O)O)c1ccccc1. The first-order valence-electron chi connectivity index (χ1n) is 9.06. The van der Waals surface area contributed by atoms with Crippen molar-refractivity contribution in [1.82, 2.24) is 0 Å². The van der Waals surface area contributed by atoms with Crippen LogP contribution in [0.25, 0.3) is 0 Å². The van der Waals surface area contributed by atoms with Crippen LogP contribution in [0.4, 0.5) is 0 Å². The molecule has 4 nitrogen and oxygen atoms in total. The molecule has 0 saturated carbocycles. The number of carbonyl (C=O) groups is 2. The van der Waals surface area contributed by atoms with Gasteiger partial charge in [-0.1, -0.05) is 82.2 Å². The van der Waals surface area contributed by atoms with Gasteiger partial charge in [-0.3, -0.25) is 9.59 Å². The van der Waals surface area contributed by atoms with E-state index in [-0.39, 0.29) is 12.3 Å². The molecule has 0 fully saturated rings. The summed E-state index contributed by atoms with van der Waals surface area (Å²) in [6.45, 7) is 2.20. The van der Waals surface area contributed by atoms with E-state index in [1.807, 2.05) is 30.3 Å². The molecule has 0 aliphatic rings. The molecule has 134 valence electrons. The minimum Gasteiger partial charge on any atom is -0.481 e. The van der Waals surface area contributed by atoms with Crippen LogP contribution in [0.1, 0.15) is 76.2 Å². The Morgan fingerprint density at radius 3 is 1.96 bits per heavy atom. The van der Waals surface area contributed by atoms with Crippen LogP contribution in [0.5, 0.6) is 0 Å². The van der Waals surface area contributed by atoms with E-state index >= 15 is 0 Å². The lowest BCUT2D eigenvalue weighted by Gasteiger charge is -2.19. The molecule has 1 atom stereocenters. The van der Waals surface area contributed by atoms with Gasteiger partial charge in [-0.2, -0.15) is 0 Å². The topological polar surface area (TPSA) is 74.6 Å². The van der Waals surface area contributed by atoms with Crippen molar-refractivity contribution < 1.29 is 19.8 Å². The zero-order chi connectivity index (χ0) is 17.8. The van der Waals surface area contributed by atoms with Crippen molar-refractivity contribution in [3.05, 3.63) is 35.9 Å². The quantitative estimate of drug-likeness (QED) is 0.389. The summed E-state index contributed by atoms with van der Waals surface area (Å²) in [5.74, 6) is -3.84. The van der Waals surface area contributed by atoms with Crippen LogP contribution in [0.15, 0.2) is 30.3 Å². The average Bonchev–Trinajstić information content (AvgIpc) is 2.56. The van der Waals surface area contributed by atoms with Crippen LogP contribution in [0, 0.1) is 5.92 Å². The number of unbranched alkanes of at least 4 members (excludes halogenated alkanes) is 6. The Balaban J connectivity index is 2.56. The zero-order valence-electron chi connectivity index (χ0n) is 14.6. The van der Waals surface area contributed by atoms with E-state index in [9.17, 15) is 9.59 Å². The molecule has 0 aliphatic carbocycles. The van der Waals surface area contributed by atoms with E-state index < -0.39 is 17.9 Å². The highest BCUT2D eigenvalue weighted by Crippen LogP contribution is 2.30. The molecule has 4 heteroatoms. The van der Waals surface area contributed by atoms with Crippen molar-refractivity contribution in [2.75, 3.05) is 0 Å². The molecule has 0 spiro atoms. The van der Waals surface area contributed by atoms with Gasteiger partial charge in [-0.25, -0.2) is 0 Å². The highest BCUT2D eigenvalue weighted by molar-refractivity contribution is 5.92. The van der Waals surface area contributed by atoms with E-state index in [1.54, 1.807) is 0 Å². The molecule has 0 heterocycles. The first-order valence-corrected chi connectivity index (χ1v) is 9.06. The smallest absolute Gasteiger partial charge is 0.317 e. The van der Waals surface area contributed by atoms with Gasteiger partial charge in [0.2, 0.25) is 0 Å². The van der Waals surface area contributed by atoms with Gasteiger partial charge in [0.1, 0.15) is 0 Å². The molecular weight excluding hydrogens is 304 g/mol. The van der Waals surface area contributed by atoms with Crippen molar-refractivity contribution >= 4 is 11.9 Å². The maximum absolute atomic E-state index is 11.2. The van der Waals surface area contributed by atoms with Crippen LogP contribution < -0.4 is 0 Å². The van der Waals surface area contributed by atoms with Gasteiger partial charge in [-0.05, 0) is 24.3 Å². The number of hydrogen-bond acceptors (Lipinski definition) is 2. The Labute approximate surface area is 144 Å². The monoisotopic (exact) mass is 334 g/mol. The van der Waals surface area contributed by atoms with Crippen LogP contribution in [-0.2, 0) is 9.59 Å². The number of aliphatic carboxylic acids is 2. The normalized spacial score (nSPS) is 12.2. The van der Waals surface area contributed by atoms with Crippen molar-refractivity contribution in [3.8, 4) is 0 Å². The third-order valence-corrected chi connectivity index (χ3v) is 4.54. The molecule has 24 heavy (non-hydrogen) atoms. The van der Waals surface area contributed by atoms with Gasteiger partial charge in [0.15, 0.2) is 5.92 Å². The number of benzene rings is 1. The summed E-state index contributed by atoms with van der Waals surface area (Å²) in [7, 11) is 0. The van der Waals surface area contributed by atoms with E-state index in [2.05, 4.69) is 6.92 Å². The maximum Gasteiger partial charge on any atom is 0.317 e. The Morgan fingerprint density at radius 2 is 1.42 bits per heavy atom. The molecule has 0 aromatic heterocycles. The first kappa shape index (κ1) is 20.2. The summed E-state index contributed by atoms with van der Waals surface area (Å²) >= 11 is 0. The van der Waals surface area contributed by atoms with Crippen molar-refractivity contribution in [3.63, 3.8) is 0 Å². The molecule has 0 aliphatic heterocycles. The maximum atomic E-state index is 11.2. The van der Waals surface area contributed by atoms with Gasteiger partial charge >= 0.3 is 11.9 Å². The van der Waals surface area contributed by atoms with Crippen molar-refractivity contribution in [1.29, 1.82) is 0 Å². The fourth-order valence-electron chi connectivity index (χ4n) is 3.09. The van der Waals surface area contributed by atoms with E-state index in [1.165, 1.54) is 32.1 Å². The molecule has 0 radical (unpaired) electrons. The molecular formula is C20H30O4. The lowest BCUT2D eigenvalue weighted by atomic mass is 9.85. The second-order valence-electron chi connectivity index (χ2n) is 6.48. The third-order valence-electron chi connectivity index (χ3n) is 4.54. The highest BCUT2D eigenvalue weighted by atomic mass is 16.4. The summed E-state index contributed by atoms with van der Waals surface area (Å²) in [5.41, 5.74) is 1.04. The Kier molecular flexibility index (Phi) is 9.81. The molecule has 1 aromatic carbocycles. The Hall–Kier alpha value is -1.84. The summed E-state index contributed by atoms with van der Waals surface area (Å²) in [5, 5.41) is 18.3. The fourth-order valence-corrected chi connectivity index (χ4v) is 3.09. The number of rotatable bonds is 13. The molecule has 1 aromatic rings. The van der Waals surface area contributed by atoms with Crippen LogP contribution >= 0.6 is 0 Å². The lowest BCUT2D eigenvalue weighted by Crippen LogP contribution is -2.25. The van der Waals surface area contributed by atoms with E-state index in [4.69, 9.17) is 10.2 Å². The minimum atomic E-state index is -1.33. The predicted octanol–water partition coefficient (Wildman–Crippen LogP) is 5.09. The van der Waals surface area contributed by atoms with Crippen molar-refractivity contribution in [2.24, 2.45) is 5.92 Å². The first-order chi connectivity index (χ1) is 11.6. The minimum absolute atomic E-state index is 0.0148. The second-order valence-corrected chi connectivity index (χ2v) is 6.48. The summed E-state index contributed by atoms with van der Waals surface area (Å²) in [6.07, 6.45) is 9.38. The average molecular weight is 334 g/mol. The summed E-state index contributed by atoms with van der Waals surface area (Å²) in [6, 6.07) is 9.69. The predicted molar refractivity (Wildman–Crippen MR) is 95.2 cm³/mol. The molecule has 2 N–H and O–H groups in total. The molecule has 1 unspecified atom stereocenters. The van der Waals surface area contributed by atoms with Gasteiger partial charge in [0, 0.05) is 0 Å². The molecule has 1 rings (SSSR count). The number of carboxylic acid groups (broad SMARTS) is 2. The molecule has 0 saturated heterocycles. The van der Waals surface area contributed by atoms with Gasteiger partial charge in [-0.15, -0.1) is 0 Å². The van der Waals surface area contributed by atoms with Gasteiger partial charge in [0.25, 0.3) is 0 Å². The Morgan fingerprint density at radius 1 is 0.875 bits per heavy atom. The summed E-state index contributed by atoms with van der Waals surface area (Å²) < 4.78 is 0. The van der Waals surface area contributed by atoms with E-state index in [0.717, 1.165) is 24.8 Å². The van der Waals surface area contributed by atoms with E-state index in [0.29, 0.717) is 0 Å². The third kappa shape index (κ3) is 7.62. The van der Waals surface area contributed by atoms with Gasteiger partial charge < -0.3 is 10.2 Å². The standard InChI is InChI=1S/C20H30O4/c1-2-3-4-5-6-7-9-14-17(16-12-10-8-11-13-16)15-18(19(21)22)20(23)24/h8,10-13,17-18H,2-7,9,14-15H2,1H3,(H,21,22)(H,23,24). The zero-order valence-corrected chi connectivity index (χ0v) is 14.6. The lowest BCUT2D eigenvalue weighted by molar-refractivity contribution is -0.155. The van der Waals surface area contributed by atoms with Crippen LogP contribution in [-0.4, -0.2) is 22.2 Å². The largest absolute Gasteiger partial charge is 0.481 e.